The lowest BCUT2D eigenvalue weighted by Crippen LogP contribution is -2.36. The van der Waals surface area contributed by atoms with Crippen LogP contribution in [0.3, 0.4) is 0 Å². The highest BCUT2D eigenvalue weighted by atomic mass is 80.0. The standard InChI is InChI=1S/C22H21Br3N2O6S/c1-20(2)17(18(22(23,24)25)33-34(3,29)30)21(20,19(28)31-13-26)12-14-8-7-11-16(27-14)32-15-9-5-4-6-10-15/h4-11,17-18H,12H2,1-3H3/t17-,18+,21+/m0/s1. The third-order valence-corrected chi connectivity index (χ3v) is 7.90. The van der Waals surface area contributed by atoms with E-state index in [1.54, 1.807) is 44.2 Å². The minimum absolute atomic E-state index is 0.0594. The summed E-state index contributed by atoms with van der Waals surface area (Å²) < 4.78 is 38.8. The molecule has 0 bridgehead atoms. The van der Waals surface area contributed by atoms with E-state index >= 15 is 0 Å². The molecule has 1 aromatic carbocycles. The summed E-state index contributed by atoms with van der Waals surface area (Å²) in [5.41, 5.74) is -1.63. The maximum absolute atomic E-state index is 13.2. The Kier molecular flexibility index (Phi) is 7.85. The first-order valence-electron chi connectivity index (χ1n) is 9.96. The Bertz CT molecular complexity index is 1210. The van der Waals surface area contributed by atoms with E-state index in [2.05, 4.69) is 52.8 Å². The first-order chi connectivity index (χ1) is 15.7. The zero-order chi connectivity index (χ0) is 25.4. The molecule has 1 aliphatic rings. The number of esters is 1. The van der Waals surface area contributed by atoms with Crippen LogP contribution in [-0.4, -0.2) is 33.9 Å². The van der Waals surface area contributed by atoms with E-state index in [4.69, 9.17) is 18.9 Å². The van der Waals surface area contributed by atoms with Gasteiger partial charge in [0.15, 0.2) is 2.14 Å². The lowest BCUT2D eigenvalue weighted by molar-refractivity contribution is -0.145. The molecule has 0 N–H and O–H groups in total. The third kappa shape index (κ3) is 5.65. The first-order valence-corrected chi connectivity index (χ1v) is 14.2. The predicted molar refractivity (Wildman–Crippen MR) is 135 cm³/mol. The number of hydrogen-bond acceptors (Lipinski definition) is 8. The van der Waals surface area contributed by atoms with Crippen molar-refractivity contribution < 1.29 is 26.9 Å². The molecule has 0 saturated heterocycles. The Balaban J connectivity index is 2.01. The van der Waals surface area contributed by atoms with Crippen molar-refractivity contribution in [3.05, 3.63) is 54.2 Å². The second-order valence-corrected chi connectivity index (χ2v) is 17.0. The number of nitriles is 1. The van der Waals surface area contributed by atoms with Gasteiger partial charge in [-0.15, -0.1) is 5.26 Å². The van der Waals surface area contributed by atoms with Crippen LogP contribution in [0.25, 0.3) is 0 Å². The predicted octanol–water partition coefficient (Wildman–Crippen LogP) is 5.27. The van der Waals surface area contributed by atoms with E-state index in [0.717, 1.165) is 6.26 Å². The minimum atomic E-state index is -3.91. The lowest BCUT2D eigenvalue weighted by Gasteiger charge is -2.27. The van der Waals surface area contributed by atoms with Crippen LogP contribution in [0.5, 0.6) is 11.6 Å². The molecule has 0 spiro atoms. The number of aromatic nitrogens is 1. The van der Waals surface area contributed by atoms with Crippen LogP contribution in [0.2, 0.25) is 0 Å². The maximum atomic E-state index is 13.2. The lowest BCUT2D eigenvalue weighted by atomic mass is 9.90. The number of halogens is 3. The number of nitrogens with zero attached hydrogens (tertiary/aromatic N) is 2. The van der Waals surface area contributed by atoms with Gasteiger partial charge >= 0.3 is 5.97 Å². The second-order valence-electron chi connectivity index (χ2n) is 8.47. The topological polar surface area (TPSA) is 116 Å². The Morgan fingerprint density at radius 2 is 1.82 bits per heavy atom. The molecule has 1 aromatic heterocycles. The average molecular weight is 681 g/mol. The minimum Gasteiger partial charge on any atom is -0.439 e. The number of benzene rings is 1. The van der Waals surface area contributed by atoms with Crippen molar-refractivity contribution in [3.8, 4) is 17.9 Å². The fourth-order valence-electron chi connectivity index (χ4n) is 4.46. The van der Waals surface area contributed by atoms with E-state index in [-0.39, 0.29) is 6.42 Å². The van der Waals surface area contributed by atoms with Gasteiger partial charge in [0.1, 0.15) is 11.9 Å². The molecule has 1 saturated carbocycles. The van der Waals surface area contributed by atoms with Gasteiger partial charge in [-0.25, -0.2) is 4.98 Å². The molecule has 2 aromatic rings. The largest absolute Gasteiger partial charge is 0.439 e. The summed E-state index contributed by atoms with van der Waals surface area (Å²) in [6.07, 6.45) is 1.35. The molecule has 8 nitrogen and oxygen atoms in total. The average Bonchev–Trinajstić information content (AvgIpc) is 3.20. The quantitative estimate of drug-likeness (QED) is 0.160. The molecular weight excluding hydrogens is 660 g/mol. The molecule has 0 unspecified atom stereocenters. The van der Waals surface area contributed by atoms with Crippen LogP contribution >= 0.6 is 47.8 Å². The zero-order valence-corrected chi connectivity index (χ0v) is 23.9. The second kappa shape index (κ2) is 9.85. The molecule has 0 aliphatic heterocycles. The molecule has 0 radical (unpaired) electrons. The number of carbonyl (C=O) groups excluding carboxylic acids is 1. The van der Waals surface area contributed by atoms with Gasteiger partial charge in [0, 0.05) is 24.1 Å². The van der Waals surface area contributed by atoms with Gasteiger partial charge in [0.05, 0.1) is 11.7 Å². The van der Waals surface area contributed by atoms with E-state index in [0.29, 0.717) is 17.3 Å². The SMILES string of the molecule is CC1(C)[C@H]([C@@H](OS(C)(=O)=O)C(Br)(Br)Br)[C@]1(Cc1cccc(Oc2ccccc2)n1)C(=O)OC#N. The number of hydrogen-bond donors (Lipinski definition) is 0. The van der Waals surface area contributed by atoms with Crippen LogP contribution in [0.4, 0.5) is 0 Å². The molecule has 3 rings (SSSR count). The summed E-state index contributed by atoms with van der Waals surface area (Å²) >= 11 is 10.1. The van der Waals surface area contributed by atoms with Crippen LogP contribution in [0.1, 0.15) is 19.5 Å². The Morgan fingerprint density at radius 3 is 2.38 bits per heavy atom. The normalized spacial score (nSPS) is 22.3. The molecule has 34 heavy (non-hydrogen) atoms. The van der Waals surface area contributed by atoms with Crippen LogP contribution in [0.15, 0.2) is 48.5 Å². The molecule has 0 amide bonds. The molecular formula is C22H21Br3N2O6S. The van der Waals surface area contributed by atoms with Crippen LogP contribution in [0, 0.1) is 28.3 Å². The van der Waals surface area contributed by atoms with Gasteiger partial charge in [-0.3, -0.25) is 8.98 Å². The first kappa shape index (κ1) is 27.1. The molecule has 12 heteroatoms. The summed E-state index contributed by atoms with van der Waals surface area (Å²) in [5, 5.41) is 9.06. The molecule has 1 heterocycles. The summed E-state index contributed by atoms with van der Waals surface area (Å²) in [5.74, 6) is -0.559. The maximum Gasteiger partial charge on any atom is 0.329 e. The molecule has 1 aliphatic carbocycles. The van der Waals surface area contributed by atoms with E-state index in [9.17, 15) is 13.2 Å². The van der Waals surface area contributed by atoms with Crippen LogP contribution < -0.4 is 4.74 Å². The van der Waals surface area contributed by atoms with Crippen molar-refractivity contribution in [2.75, 3.05) is 6.26 Å². The van der Waals surface area contributed by atoms with Crippen molar-refractivity contribution in [1.29, 1.82) is 5.26 Å². The van der Waals surface area contributed by atoms with Gasteiger partial charge in [-0.1, -0.05) is 85.9 Å². The highest BCUT2D eigenvalue weighted by molar-refractivity contribution is 9.39. The van der Waals surface area contributed by atoms with Gasteiger partial charge in [0.2, 0.25) is 5.88 Å². The summed E-state index contributed by atoms with van der Waals surface area (Å²) in [6, 6.07) is 14.2. The summed E-state index contributed by atoms with van der Waals surface area (Å²) in [7, 11) is -3.91. The van der Waals surface area contributed by atoms with Gasteiger partial charge < -0.3 is 9.47 Å². The number of rotatable bonds is 8. The third-order valence-electron chi connectivity index (χ3n) is 5.99. The molecule has 1 fully saturated rings. The van der Waals surface area contributed by atoms with Crippen molar-refractivity contribution in [2.24, 2.45) is 16.7 Å². The van der Waals surface area contributed by atoms with Gasteiger partial charge in [-0.05, 0) is 23.6 Å². The highest BCUT2D eigenvalue weighted by Gasteiger charge is 2.80. The zero-order valence-electron chi connectivity index (χ0n) is 18.4. The fraction of sp³-hybridized carbons (Fsp3) is 0.409. The van der Waals surface area contributed by atoms with Gasteiger partial charge in [-0.2, -0.15) is 8.42 Å². The Labute approximate surface area is 223 Å². The molecule has 3 atom stereocenters. The van der Waals surface area contributed by atoms with Gasteiger partial charge in [0.25, 0.3) is 16.4 Å². The van der Waals surface area contributed by atoms with Crippen molar-refractivity contribution in [3.63, 3.8) is 0 Å². The van der Waals surface area contributed by atoms with Crippen LogP contribution in [-0.2, 0) is 30.3 Å². The Hall–Kier alpha value is -1.52. The number of carbonyl (C=O) groups is 1. The number of pyridine rings is 1. The van der Waals surface area contributed by atoms with Crippen molar-refractivity contribution in [2.45, 2.75) is 28.5 Å². The highest BCUT2D eigenvalue weighted by Crippen LogP contribution is 2.74. The summed E-state index contributed by atoms with van der Waals surface area (Å²) in [4.78, 5) is 17.7. The monoisotopic (exact) mass is 678 g/mol. The van der Waals surface area contributed by atoms with Crippen molar-refractivity contribution in [1.82, 2.24) is 4.98 Å². The Morgan fingerprint density at radius 1 is 1.18 bits per heavy atom. The van der Waals surface area contributed by atoms with E-state index in [1.807, 2.05) is 18.2 Å². The number of para-hydroxylation sites is 1. The van der Waals surface area contributed by atoms with E-state index in [1.165, 1.54) is 6.26 Å². The van der Waals surface area contributed by atoms with Crippen molar-refractivity contribution >= 4 is 63.9 Å². The fourth-order valence-corrected chi connectivity index (χ4v) is 6.54. The molecule has 182 valence electrons. The smallest absolute Gasteiger partial charge is 0.329 e. The summed E-state index contributed by atoms with van der Waals surface area (Å²) in [6.45, 7) is 3.58. The van der Waals surface area contributed by atoms with E-state index < -0.39 is 41.1 Å². The number of alkyl halides is 3. The number of ether oxygens (including phenoxy) is 2.